The van der Waals surface area contributed by atoms with Gasteiger partial charge >= 0.3 is 0 Å². The van der Waals surface area contributed by atoms with Gasteiger partial charge in [0, 0.05) is 27.9 Å². The van der Waals surface area contributed by atoms with E-state index in [0.29, 0.717) is 16.1 Å². The number of hydrogen-bond donors (Lipinski definition) is 0. The molecule has 0 unspecified atom stereocenters. The molecule has 3 aromatic rings. The minimum Gasteiger partial charge on any atom is -0.618 e. The summed E-state index contributed by atoms with van der Waals surface area (Å²) in [6, 6.07) is 14.8. The summed E-state index contributed by atoms with van der Waals surface area (Å²) in [5.74, 6) is 0. The van der Waals surface area contributed by atoms with Crippen LogP contribution in [0.3, 0.4) is 0 Å². The highest BCUT2D eigenvalue weighted by Crippen LogP contribution is 2.20. The van der Waals surface area contributed by atoms with Crippen LogP contribution in [0.15, 0.2) is 48.5 Å². The maximum Gasteiger partial charge on any atom is 0.224 e. The van der Waals surface area contributed by atoms with Crippen molar-refractivity contribution in [1.82, 2.24) is 0 Å². The van der Waals surface area contributed by atoms with Crippen molar-refractivity contribution in [2.24, 2.45) is 0 Å². The molecule has 0 saturated carbocycles. The Morgan fingerprint density at radius 2 is 1.62 bits per heavy atom. The van der Waals surface area contributed by atoms with Crippen molar-refractivity contribution in [3.8, 4) is 0 Å². The molecule has 2 aromatic carbocycles. The molecule has 0 radical (unpaired) electrons. The van der Waals surface area contributed by atoms with E-state index in [9.17, 15) is 5.21 Å². The third-order valence-electron chi connectivity index (χ3n) is 2.67. The first-order valence-corrected chi connectivity index (χ1v) is 5.34. The zero-order valence-electron chi connectivity index (χ0n) is 8.35. The van der Waals surface area contributed by atoms with E-state index in [1.54, 1.807) is 18.2 Å². The molecule has 1 heterocycles. The fourth-order valence-electron chi connectivity index (χ4n) is 1.92. The molecule has 0 N–H and O–H groups in total. The van der Waals surface area contributed by atoms with E-state index in [0.717, 1.165) is 15.5 Å². The molecule has 0 saturated heterocycles. The van der Waals surface area contributed by atoms with Crippen LogP contribution in [-0.2, 0) is 0 Å². The second-order valence-electron chi connectivity index (χ2n) is 3.70. The Kier molecular flexibility index (Phi) is 1.98. The normalized spacial score (nSPS) is 11.1. The number of para-hydroxylation sites is 1. The van der Waals surface area contributed by atoms with Gasteiger partial charge in [-0.3, -0.25) is 0 Å². The van der Waals surface area contributed by atoms with Crippen molar-refractivity contribution < 1.29 is 4.73 Å². The summed E-state index contributed by atoms with van der Waals surface area (Å²) < 4.78 is 0.945. The van der Waals surface area contributed by atoms with E-state index < -0.39 is 0 Å². The highest BCUT2D eigenvalue weighted by molar-refractivity contribution is 6.31. The van der Waals surface area contributed by atoms with E-state index in [1.165, 1.54) is 0 Å². The molecule has 16 heavy (non-hydrogen) atoms. The molecule has 0 aliphatic heterocycles. The summed E-state index contributed by atoms with van der Waals surface area (Å²) in [7, 11) is 0. The molecule has 1 aromatic heterocycles. The Balaban J connectivity index is 2.55. The molecule has 0 aliphatic rings. The number of rotatable bonds is 0. The lowest BCUT2D eigenvalue weighted by molar-refractivity contribution is -0.547. The predicted molar refractivity (Wildman–Crippen MR) is 65.4 cm³/mol. The van der Waals surface area contributed by atoms with Crippen LogP contribution in [0, 0.1) is 5.21 Å². The van der Waals surface area contributed by atoms with Gasteiger partial charge in [-0.15, -0.1) is 0 Å². The van der Waals surface area contributed by atoms with Gasteiger partial charge in [0.2, 0.25) is 11.0 Å². The fraction of sp³-hybridized carbons (Fsp3) is 0. The summed E-state index contributed by atoms with van der Waals surface area (Å²) in [6.07, 6.45) is 0. The second-order valence-corrected chi connectivity index (χ2v) is 4.14. The second kappa shape index (κ2) is 3.35. The predicted octanol–water partition coefficient (Wildman–Crippen LogP) is 3.28. The first kappa shape index (κ1) is 9.43. The molecule has 3 heteroatoms. The average Bonchev–Trinajstić information content (AvgIpc) is 2.29. The van der Waals surface area contributed by atoms with Gasteiger partial charge in [-0.1, -0.05) is 23.7 Å². The van der Waals surface area contributed by atoms with Crippen LogP contribution in [-0.4, -0.2) is 0 Å². The maximum atomic E-state index is 12.1. The maximum absolute atomic E-state index is 12.1. The van der Waals surface area contributed by atoms with Gasteiger partial charge < -0.3 is 5.21 Å². The Morgan fingerprint density at radius 3 is 2.50 bits per heavy atom. The van der Waals surface area contributed by atoms with E-state index in [2.05, 4.69) is 0 Å². The number of aromatic nitrogens is 1. The standard InChI is InChI=1S/C13H8ClNO/c14-11-5-6-13-10(8-11)7-9-3-1-2-4-12(9)15(13)16/h1-8H. The lowest BCUT2D eigenvalue weighted by Crippen LogP contribution is -2.27. The molecule has 0 aliphatic carbocycles. The van der Waals surface area contributed by atoms with Crippen molar-refractivity contribution in [1.29, 1.82) is 0 Å². The molecule has 0 amide bonds. The number of nitrogens with zero attached hydrogens (tertiary/aromatic N) is 1. The van der Waals surface area contributed by atoms with Gasteiger partial charge in [0.05, 0.1) is 0 Å². The lowest BCUT2D eigenvalue weighted by atomic mass is 10.1. The third-order valence-corrected chi connectivity index (χ3v) is 2.91. The Morgan fingerprint density at radius 1 is 0.875 bits per heavy atom. The summed E-state index contributed by atoms with van der Waals surface area (Å²) >= 11 is 5.91. The van der Waals surface area contributed by atoms with Crippen LogP contribution in [0.1, 0.15) is 0 Å². The van der Waals surface area contributed by atoms with Crippen LogP contribution in [0.25, 0.3) is 21.8 Å². The topological polar surface area (TPSA) is 26.9 Å². The van der Waals surface area contributed by atoms with Crippen LogP contribution in [0.4, 0.5) is 0 Å². The zero-order chi connectivity index (χ0) is 11.1. The molecule has 0 fully saturated rings. The minimum absolute atomic E-state index is 0.641. The molecular formula is C13H8ClNO. The van der Waals surface area contributed by atoms with Crippen molar-refractivity contribution >= 4 is 33.4 Å². The quantitative estimate of drug-likeness (QED) is 0.330. The van der Waals surface area contributed by atoms with E-state index in [1.807, 2.05) is 30.3 Å². The van der Waals surface area contributed by atoms with Gasteiger partial charge in [0.15, 0.2) is 0 Å². The van der Waals surface area contributed by atoms with E-state index in [-0.39, 0.29) is 0 Å². The average molecular weight is 230 g/mol. The Labute approximate surface area is 97.3 Å². The Bertz CT molecular complexity index is 694. The van der Waals surface area contributed by atoms with E-state index >= 15 is 0 Å². The minimum atomic E-state index is 0.641. The smallest absolute Gasteiger partial charge is 0.224 e. The highest BCUT2D eigenvalue weighted by atomic mass is 35.5. The van der Waals surface area contributed by atoms with Gasteiger partial charge in [-0.2, -0.15) is 4.73 Å². The Hall–Kier alpha value is -1.80. The van der Waals surface area contributed by atoms with Gasteiger partial charge in [0.25, 0.3) is 0 Å². The summed E-state index contributed by atoms with van der Waals surface area (Å²) in [4.78, 5) is 0. The van der Waals surface area contributed by atoms with Crippen LogP contribution >= 0.6 is 11.6 Å². The summed E-state index contributed by atoms with van der Waals surface area (Å²) in [5.41, 5.74) is 1.32. The van der Waals surface area contributed by atoms with E-state index in [4.69, 9.17) is 11.6 Å². The largest absolute Gasteiger partial charge is 0.618 e. The number of fused-ring (bicyclic) bond motifs is 2. The highest BCUT2D eigenvalue weighted by Gasteiger charge is 2.09. The molecule has 78 valence electrons. The zero-order valence-corrected chi connectivity index (χ0v) is 9.11. The lowest BCUT2D eigenvalue weighted by Gasteiger charge is -2.05. The van der Waals surface area contributed by atoms with Crippen LogP contribution in [0.5, 0.6) is 0 Å². The molecule has 2 nitrogen and oxygen atoms in total. The van der Waals surface area contributed by atoms with Crippen molar-refractivity contribution in [2.45, 2.75) is 0 Å². The molecular weight excluding hydrogens is 222 g/mol. The number of benzene rings is 2. The number of hydrogen-bond acceptors (Lipinski definition) is 1. The number of pyridine rings is 1. The molecule has 0 bridgehead atoms. The van der Waals surface area contributed by atoms with Crippen molar-refractivity contribution in [2.75, 3.05) is 0 Å². The van der Waals surface area contributed by atoms with Crippen LogP contribution in [0.2, 0.25) is 5.02 Å². The SMILES string of the molecule is [O-][n+]1c2ccccc2cc2cc(Cl)ccc21. The fourth-order valence-corrected chi connectivity index (χ4v) is 2.10. The summed E-state index contributed by atoms with van der Waals surface area (Å²) in [6.45, 7) is 0. The van der Waals surface area contributed by atoms with Gasteiger partial charge in [0.1, 0.15) is 0 Å². The number of halogens is 1. The summed E-state index contributed by atoms with van der Waals surface area (Å²) in [5, 5.41) is 14.5. The first-order chi connectivity index (χ1) is 7.75. The first-order valence-electron chi connectivity index (χ1n) is 4.96. The monoisotopic (exact) mass is 229 g/mol. The van der Waals surface area contributed by atoms with Gasteiger partial charge in [-0.05, 0) is 24.3 Å². The van der Waals surface area contributed by atoms with Crippen LogP contribution < -0.4 is 4.73 Å². The molecule has 0 spiro atoms. The van der Waals surface area contributed by atoms with Crippen molar-refractivity contribution in [3.63, 3.8) is 0 Å². The molecule has 0 atom stereocenters. The van der Waals surface area contributed by atoms with Gasteiger partial charge in [-0.25, -0.2) is 0 Å². The molecule has 3 rings (SSSR count). The third kappa shape index (κ3) is 1.31. The van der Waals surface area contributed by atoms with Crippen molar-refractivity contribution in [3.05, 3.63) is 58.8 Å².